The topological polar surface area (TPSA) is 64.3 Å². The van der Waals surface area contributed by atoms with Gasteiger partial charge in [0.15, 0.2) is 0 Å². The van der Waals surface area contributed by atoms with Crippen LogP contribution in [0.25, 0.3) is 0 Å². The van der Waals surface area contributed by atoms with E-state index in [2.05, 4.69) is 27.7 Å². The summed E-state index contributed by atoms with van der Waals surface area (Å²) < 4.78 is 8.02. The minimum Gasteiger partial charge on any atom is -0.486 e. The minimum absolute atomic E-state index is 0.165. The number of aryl methyl sites for hydroxylation is 1. The maximum Gasteiger partial charge on any atom is 0.339 e. The van der Waals surface area contributed by atoms with Gasteiger partial charge in [-0.1, -0.05) is 0 Å². The lowest BCUT2D eigenvalue weighted by atomic mass is 10.2. The molecule has 1 aromatic heterocycles. The van der Waals surface area contributed by atoms with Crippen molar-refractivity contribution in [2.24, 2.45) is 7.05 Å². The van der Waals surface area contributed by atoms with Crippen LogP contribution in [0.1, 0.15) is 16.1 Å². The lowest BCUT2D eigenvalue weighted by Crippen LogP contribution is -2.04. The average Bonchev–Trinajstić information content (AvgIpc) is 2.73. The van der Waals surface area contributed by atoms with Gasteiger partial charge in [-0.15, -0.1) is 0 Å². The van der Waals surface area contributed by atoms with E-state index in [0.29, 0.717) is 5.75 Å². The summed E-state index contributed by atoms with van der Waals surface area (Å²) in [6.07, 6.45) is 1.81. The zero-order valence-electron chi connectivity index (χ0n) is 9.63. The molecule has 0 radical (unpaired) electrons. The van der Waals surface area contributed by atoms with Gasteiger partial charge in [0.25, 0.3) is 0 Å². The normalized spacial score (nSPS) is 10.3. The number of rotatable bonds is 4. The van der Waals surface area contributed by atoms with Gasteiger partial charge in [0.05, 0.1) is 5.69 Å². The number of hydrogen-bond acceptors (Lipinski definition) is 3. The lowest BCUT2D eigenvalue weighted by molar-refractivity contribution is 0.0691. The molecule has 5 nitrogen and oxygen atoms in total. The van der Waals surface area contributed by atoms with E-state index < -0.39 is 5.97 Å². The molecule has 0 aliphatic rings. The summed E-state index contributed by atoms with van der Waals surface area (Å²) in [5, 5.41) is 13.2. The van der Waals surface area contributed by atoms with Crippen LogP contribution in [0, 0.1) is 3.57 Å². The van der Waals surface area contributed by atoms with Gasteiger partial charge in [-0.2, -0.15) is 5.10 Å². The first-order valence-corrected chi connectivity index (χ1v) is 6.28. The number of hydrogen-bond donors (Lipinski definition) is 1. The molecule has 2 aromatic rings. The molecule has 94 valence electrons. The highest BCUT2D eigenvalue weighted by atomic mass is 127. The van der Waals surface area contributed by atoms with Gasteiger partial charge in [0.1, 0.15) is 17.9 Å². The van der Waals surface area contributed by atoms with Gasteiger partial charge in [-0.05, 0) is 46.9 Å². The summed E-state index contributed by atoms with van der Waals surface area (Å²) in [5.74, 6) is -0.641. The van der Waals surface area contributed by atoms with E-state index >= 15 is 0 Å². The summed E-state index contributed by atoms with van der Waals surface area (Å²) in [4.78, 5) is 11.1. The van der Waals surface area contributed by atoms with Crippen LogP contribution in [0.5, 0.6) is 5.75 Å². The molecule has 0 amide bonds. The first-order valence-electron chi connectivity index (χ1n) is 5.20. The molecule has 0 aliphatic heterocycles. The quantitative estimate of drug-likeness (QED) is 0.852. The smallest absolute Gasteiger partial charge is 0.339 e. The fourth-order valence-electron chi connectivity index (χ4n) is 1.49. The molecule has 0 saturated carbocycles. The maximum absolute atomic E-state index is 11.1. The number of carboxylic acid groups (broad SMARTS) is 1. The van der Waals surface area contributed by atoms with Crippen molar-refractivity contribution >= 4 is 28.6 Å². The molecule has 6 heteroatoms. The Morgan fingerprint density at radius 1 is 1.50 bits per heavy atom. The highest BCUT2D eigenvalue weighted by Gasteiger charge is 2.12. The molecule has 1 N–H and O–H groups in total. The third kappa shape index (κ3) is 3.00. The number of aromatic nitrogens is 2. The third-order valence-electron chi connectivity index (χ3n) is 2.32. The van der Waals surface area contributed by atoms with E-state index in [1.165, 1.54) is 0 Å². The molecule has 1 aromatic carbocycles. The van der Waals surface area contributed by atoms with Crippen molar-refractivity contribution in [3.05, 3.63) is 45.3 Å². The highest BCUT2D eigenvalue weighted by Crippen LogP contribution is 2.22. The molecule has 0 atom stereocenters. The molecule has 0 saturated heterocycles. The molecular weight excluding hydrogens is 347 g/mol. The number of aromatic carboxylic acids is 1. The molecule has 0 unspecified atom stereocenters. The summed E-state index contributed by atoms with van der Waals surface area (Å²) >= 11 is 2.06. The predicted octanol–water partition coefficient (Wildman–Crippen LogP) is 2.30. The number of carbonyl (C=O) groups is 1. The molecule has 0 bridgehead atoms. The van der Waals surface area contributed by atoms with E-state index in [4.69, 9.17) is 9.84 Å². The van der Waals surface area contributed by atoms with E-state index in [0.717, 1.165) is 9.26 Å². The van der Waals surface area contributed by atoms with Crippen molar-refractivity contribution in [2.45, 2.75) is 6.61 Å². The first-order chi connectivity index (χ1) is 8.56. The Bertz CT molecular complexity index is 580. The second-order valence-electron chi connectivity index (χ2n) is 3.72. The van der Waals surface area contributed by atoms with Crippen molar-refractivity contribution in [3.8, 4) is 5.75 Å². The summed E-state index contributed by atoms with van der Waals surface area (Å²) in [6, 6.07) is 6.87. The summed E-state index contributed by atoms with van der Waals surface area (Å²) in [6.45, 7) is 0.252. The van der Waals surface area contributed by atoms with E-state index in [-0.39, 0.29) is 12.2 Å². The van der Waals surface area contributed by atoms with Crippen LogP contribution in [0.3, 0.4) is 0 Å². The largest absolute Gasteiger partial charge is 0.486 e. The van der Waals surface area contributed by atoms with Crippen molar-refractivity contribution in [1.82, 2.24) is 9.78 Å². The summed E-state index contributed by atoms with van der Waals surface area (Å²) in [5.41, 5.74) is 0.921. The van der Waals surface area contributed by atoms with Gasteiger partial charge in [0.2, 0.25) is 0 Å². The Morgan fingerprint density at radius 2 is 2.28 bits per heavy atom. The van der Waals surface area contributed by atoms with E-state index in [9.17, 15) is 4.79 Å². The van der Waals surface area contributed by atoms with Crippen LogP contribution < -0.4 is 4.74 Å². The Hall–Kier alpha value is -1.57. The van der Waals surface area contributed by atoms with Gasteiger partial charge < -0.3 is 9.84 Å². The highest BCUT2D eigenvalue weighted by molar-refractivity contribution is 14.1. The number of carboxylic acids is 1. The molecule has 0 fully saturated rings. The summed E-state index contributed by atoms with van der Waals surface area (Å²) in [7, 11) is 1.82. The fourth-order valence-corrected chi connectivity index (χ4v) is 1.98. The number of ether oxygens (including phenoxy) is 1. The first kappa shape index (κ1) is 12.9. The standard InChI is InChI=1S/C12H11IN2O3/c1-15-5-4-9(14-15)7-18-11-3-2-8(13)6-10(11)12(16)17/h2-6H,7H2,1H3,(H,16,17). The minimum atomic E-state index is -0.996. The number of nitrogens with zero attached hydrogens (tertiary/aromatic N) is 2. The zero-order chi connectivity index (χ0) is 13.1. The van der Waals surface area contributed by atoms with Gasteiger partial charge in [0, 0.05) is 16.8 Å². The fraction of sp³-hybridized carbons (Fsp3) is 0.167. The van der Waals surface area contributed by atoms with Crippen LogP contribution in [0.4, 0.5) is 0 Å². The SMILES string of the molecule is Cn1ccc(COc2ccc(I)cc2C(=O)O)n1. The molecular formula is C12H11IN2O3. The lowest BCUT2D eigenvalue weighted by Gasteiger charge is -2.08. The molecule has 2 rings (SSSR count). The number of halogens is 1. The Morgan fingerprint density at radius 3 is 2.89 bits per heavy atom. The van der Waals surface area contributed by atoms with Crippen LogP contribution in [-0.4, -0.2) is 20.9 Å². The molecule has 18 heavy (non-hydrogen) atoms. The molecule has 1 heterocycles. The second-order valence-corrected chi connectivity index (χ2v) is 4.96. The van der Waals surface area contributed by atoms with Gasteiger partial charge in [-0.25, -0.2) is 4.79 Å². The monoisotopic (exact) mass is 358 g/mol. The van der Waals surface area contributed by atoms with Crippen molar-refractivity contribution in [2.75, 3.05) is 0 Å². The van der Waals surface area contributed by atoms with Crippen LogP contribution in [-0.2, 0) is 13.7 Å². The van der Waals surface area contributed by atoms with Gasteiger partial charge in [-0.3, -0.25) is 4.68 Å². The Labute approximate surface area is 118 Å². The van der Waals surface area contributed by atoms with Crippen LogP contribution >= 0.6 is 22.6 Å². The van der Waals surface area contributed by atoms with Crippen molar-refractivity contribution < 1.29 is 14.6 Å². The third-order valence-corrected chi connectivity index (χ3v) is 2.99. The van der Waals surface area contributed by atoms with Crippen LogP contribution in [0.2, 0.25) is 0 Å². The Balaban J connectivity index is 2.16. The maximum atomic E-state index is 11.1. The number of benzene rings is 1. The van der Waals surface area contributed by atoms with E-state index in [1.807, 2.05) is 19.3 Å². The average molecular weight is 358 g/mol. The van der Waals surface area contributed by atoms with Gasteiger partial charge >= 0.3 is 5.97 Å². The van der Waals surface area contributed by atoms with E-state index in [1.54, 1.807) is 22.9 Å². The Kier molecular flexibility index (Phi) is 3.85. The zero-order valence-corrected chi connectivity index (χ0v) is 11.8. The van der Waals surface area contributed by atoms with Crippen molar-refractivity contribution in [1.29, 1.82) is 0 Å². The predicted molar refractivity (Wildman–Crippen MR) is 73.7 cm³/mol. The second kappa shape index (κ2) is 5.38. The van der Waals surface area contributed by atoms with Crippen LogP contribution in [0.15, 0.2) is 30.5 Å². The molecule has 0 aliphatic carbocycles. The van der Waals surface area contributed by atoms with Crippen molar-refractivity contribution in [3.63, 3.8) is 0 Å². The molecule has 0 spiro atoms.